The van der Waals surface area contributed by atoms with Crippen LogP contribution in [0, 0.1) is 6.92 Å². The van der Waals surface area contributed by atoms with E-state index in [1.807, 2.05) is 24.9 Å². The van der Waals surface area contributed by atoms with Gasteiger partial charge < -0.3 is 10.6 Å². The highest BCUT2D eigenvalue weighted by molar-refractivity contribution is 7.80. The molecule has 1 aromatic rings. The van der Waals surface area contributed by atoms with Crippen molar-refractivity contribution in [1.29, 1.82) is 0 Å². The third kappa shape index (κ3) is 2.92. The SMILES string of the molecule is CCNC(=S)NC(C)c1cnn(C)c1C. The molecule has 15 heavy (non-hydrogen) atoms. The average Bonchev–Trinajstić information content (AvgIpc) is 2.48. The Bertz CT molecular complexity index is 345. The Kier molecular flexibility index (Phi) is 4.08. The van der Waals surface area contributed by atoms with Crippen LogP contribution in [0.4, 0.5) is 0 Å². The van der Waals surface area contributed by atoms with Crippen molar-refractivity contribution in [1.82, 2.24) is 20.4 Å². The fourth-order valence-corrected chi connectivity index (χ4v) is 1.75. The van der Waals surface area contributed by atoms with Crippen molar-refractivity contribution in [3.63, 3.8) is 0 Å². The third-order valence-corrected chi connectivity index (χ3v) is 2.69. The van der Waals surface area contributed by atoms with Crippen LogP contribution in [-0.2, 0) is 7.05 Å². The minimum Gasteiger partial charge on any atom is -0.363 e. The Morgan fingerprint density at radius 2 is 2.33 bits per heavy atom. The molecule has 2 N–H and O–H groups in total. The summed E-state index contributed by atoms with van der Waals surface area (Å²) < 4.78 is 1.86. The molecule has 0 aliphatic carbocycles. The first-order valence-electron chi connectivity index (χ1n) is 5.09. The molecule has 1 heterocycles. The summed E-state index contributed by atoms with van der Waals surface area (Å²) in [5.41, 5.74) is 2.34. The topological polar surface area (TPSA) is 41.9 Å². The zero-order valence-electron chi connectivity index (χ0n) is 9.66. The van der Waals surface area contributed by atoms with Crippen LogP contribution in [0.3, 0.4) is 0 Å². The van der Waals surface area contributed by atoms with E-state index in [0.717, 1.165) is 12.2 Å². The summed E-state index contributed by atoms with van der Waals surface area (Å²) in [6.45, 7) is 6.99. The predicted octanol–water partition coefficient (Wildman–Crippen LogP) is 1.27. The van der Waals surface area contributed by atoms with Gasteiger partial charge in [-0.25, -0.2) is 0 Å². The molecule has 5 heteroatoms. The predicted molar refractivity (Wildman–Crippen MR) is 65.8 cm³/mol. The molecular weight excluding hydrogens is 208 g/mol. The van der Waals surface area contributed by atoms with Gasteiger partial charge in [-0.2, -0.15) is 5.10 Å². The van der Waals surface area contributed by atoms with Crippen molar-refractivity contribution in [2.75, 3.05) is 6.54 Å². The number of nitrogens with one attached hydrogen (secondary N) is 2. The number of nitrogens with zero attached hydrogens (tertiary/aromatic N) is 2. The van der Waals surface area contributed by atoms with E-state index < -0.39 is 0 Å². The molecule has 4 nitrogen and oxygen atoms in total. The second kappa shape index (κ2) is 5.11. The van der Waals surface area contributed by atoms with Crippen LogP contribution in [0.1, 0.15) is 31.1 Å². The standard InChI is InChI=1S/C10H18N4S/c1-5-11-10(15)13-7(2)9-6-12-14(4)8(9)3/h6-7H,5H2,1-4H3,(H2,11,13,15). The van der Waals surface area contributed by atoms with Crippen LogP contribution in [0.25, 0.3) is 0 Å². The molecule has 0 saturated carbocycles. The molecular formula is C10H18N4S. The third-order valence-electron chi connectivity index (χ3n) is 2.42. The molecule has 84 valence electrons. The minimum atomic E-state index is 0.185. The van der Waals surface area contributed by atoms with Gasteiger partial charge >= 0.3 is 0 Å². The van der Waals surface area contributed by atoms with E-state index in [1.165, 1.54) is 5.56 Å². The maximum absolute atomic E-state index is 5.13. The Balaban J connectivity index is 2.65. The molecule has 1 atom stereocenters. The van der Waals surface area contributed by atoms with Crippen LogP contribution in [0.2, 0.25) is 0 Å². The van der Waals surface area contributed by atoms with Crippen LogP contribution in [0.15, 0.2) is 6.20 Å². The van der Waals surface area contributed by atoms with Gasteiger partial charge in [0.2, 0.25) is 0 Å². The Morgan fingerprint density at radius 3 is 2.80 bits per heavy atom. The highest BCUT2D eigenvalue weighted by Gasteiger charge is 2.12. The van der Waals surface area contributed by atoms with Gasteiger partial charge in [-0.1, -0.05) is 0 Å². The van der Waals surface area contributed by atoms with Crippen molar-refractivity contribution < 1.29 is 0 Å². The maximum atomic E-state index is 5.13. The monoisotopic (exact) mass is 226 g/mol. The Morgan fingerprint density at radius 1 is 1.67 bits per heavy atom. The van der Waals surface area contributed by atoms with Crippen molar-refractivity contribution in [3.05, 3.63) is 17.5 Å². The number of thiocarbonyl (C=S) groups is 1. The van der Waals surface area contributed by atoms with Crippen LogP contribution in [0.5, 0.6) is 0 Å². The lowest BCUT2D eigenvalue weighted by atomic mass is 10.1. The quantitative estimate of drug-likeness (QED) is 0.762. The first-order chi connectivity index (χ1) is 7.06. The molecule has 1 rings (SSSR count). The summed E-state index contributed by atoms with van der Waals surface area (Å²) in [7, 11) is 1.94. The zero-order valence-corrected chi connectivity index (χ0v) is 10.5. The molecule has 1 aromatic heterocycles. The van der Waals surface area contributed by atoms with Crippen molar-refractivity contribution in [3.8, 4) is 0 Å². The second-order valence-electron chi connectivity index (χ2n) is 3.53. The second-order valence-corrected chi connectivity index (χ2v) is 3.94. The van der Waals surface area contributed by atoms with E-state index >= 15 is 0 Å². The molecule has 0 spiro atoms. The largest absolute Gasteiger partial charge is 0.363 e. The lowest BCUT2D eigenvalue weighted by Crippen LogP contribution is -2.36. The summed E-state index contributed by atoms with van der Waals surface area (Å²) in [6.07, 6.45) is 1.88. The van der Waals surface area contributed by atoms with Gasteiger partial charge in [0.15, 0.2) is 5.11 Å². The molecule has 0 amide bonds. The highest BCUT2D eigenvalue weighted by atomic mass is 32.1. The number of aromatic nitrogens is 2. The van der Waals surface area contributed by atoms with E-state index in [4.69, 9.17) is 12.2 Å². The smallest absolute Gasteiger partial charge is 0.166 e. The van der Waals surface area contributed by atoms with E-state index in [9.17, 15) is 0 Å². The fraction of sp³-hybridized carbons (Fsp3) is 0.600. The van der Waals surface area contributed by atoms with Crippen LogP contribution in [-0.4, -0.2) is 21.4 Å². The van der Waals surface area contributed by atoms with Crippen LogP contribution < -0.4 is 10.6 Å². The number of hydrogen-bond donors (Lipinski definition) is 2. The zero-order chi connectivity index (χ0) is 11.4. The van der Waals surface area contributed by atoms with Crippen molar-refractivity contribution in [2.45, 2.75) is 26.8 Å². The molecule has 1 unspecified atom stereocenters. The Hall–Kier alpha value is -1.10. The van der Waals surface area contributed by atoms with Gasteiger partial charge in [-0.3, -0.25) is 4.68 Å². The minimum absolute atomic E-state index is 0.185. The van der Waals surface area contributed by atoms with Gasteiger partial charge in [-0.15, -0.1) is 0 Å². The molecule has 0 bridgehead atoms. The first-order valence-corrected chi connectivity index (χ1v) is 5.50. The average molecular weight is 226 g/mol. The number of aryl methyl sites for hydroxylation is 1. The van der Waals surface area contributed by atoms with Crippen molar-refractivity contribution >= 4 is 17.3 Å². The van der Waals surface area contributed by atoms with Gasteiger partial charge in [0.05, 0.1) is 12.2 Å². The van der Waals surface area contributed by atoms with E-state index in [1.54, 1.807) is 0 Å². The summed E-state index contributed by atoms with van der Waals surface area (Å²) in [6, 6.07) is 0.185. The van der Waals surface area contributed by atoms with Gasteiger partial charge in [0.1, 0.15) is 0 Å². The van der Waals surface area contributed by atoms with Gasteiger partial charge in [0.25, 0.3) is 0 Å². The van der Waals surface area contributed by atoms with Crippen molar-refractivity contribution in [2.24, 2.45) is 7.05 Å². The fourth-order valence-electron chi connectivity index (χ4n) is 1.43. The molecule has 0 saturated heterocycles. The molecule has 0 radical (unpaired) electrons. The highest BCUT2D eigenvalue weighted by Crippen LogP contribution is 2.15. The summed E-state index contributed by atoms with van der Waals surface area (Å²) in [5.74, 6) is 0. The van der Waals surface area contributed by atoms with E-state index in [0.29, 0.717) is 5.11 Å². The van der Waals surface area contributed by atoms with Gasteiger partial charge in [-0.05, 0) is 33.0 Å². The normalized spacial score (nSPS) is 12.3. The number of hydrogen-bond acceptors (Lipinski definition) is 2. The summed E-state index contributed by atoms with van der Waals surface area (Å²) >= 11 is 5.13. The first kappa shape index (κ1) is 12.0. The Labute approximate surface area is 96.1 Å². The molecule has 0 aliphatic rings. The number of rotatable bonds is 3. The molecule has 0 fully saturated rings. The maximum Gasteiger partial charge on any atom is 0.166 e. The lowest BCUT2D eigenvalue weighted by Gasteiger charge is -2.16. The molecule has 0 aliphatic heterocycles. The molecule has 0 aromatic carbocycles. The summed E-state index contributed by atoms with van der Waals surface area (Å²) in [4.78, 5) is 0. The summed E-state index contributed by atoms with van der Waals surface area (Å²) in [5, 5.41) is 11.2. The van der Waals surface area contributed by atoms with E-state index in [2.05, 4.69) is 29.6 Å². The van der Waals surface area contributed by atoms with Crippen LogP contribution >= 0.6 is 12.2 Å². The van der Waals surface area contributed by atoms with E-state index in [-0.39, 0.29) is 6.04 Å². The van der Waals surface area contributed by atoms with Gasteiger partial charge in [0, 0.05) is 24.8 Å². The lowest BCUT2D eigenvalue weighted by molar-refractivity contribution is 0.687.